The van der Waals surface area contributed by atoms with Crippen molar-refractivity contribution in [3.8, 4) is 0 Å². The van der Waals surface area contributed by atoms with Crippen molar-refractivity contribution in [3.63, 3.8) is 0 Å². The monoisotopic (exact) mass is 288 g/mol. The summed E-state index contributed by atoms with van der Waals surface area (Å²) in [6.07, 6.45) is 3.90. The highest BCUT2D eigenvalue weighted by Crippen LogP contribution is 2.21. The zero-order valence-corrected chi connectivity index (χ0v) is 12.5. The third-order valence-electron chi connectivity index (χ3n) is 4.26. The van der Waals surface area contributed by atoms with Gasteiger partial charge in [-0.2, -0.15) is 0 Å². The number of carbonyl (C=O) groups is 1. The largest absolute Gasteiger partial charge is 0.351 e. The van der Waals surface area contributed by atoms with Crippen LogP contribution in [0.2, 0.25) is 0 Å². The molecule has 5 nitrogen and oxygen atoms in total. The van der Waals surface area contributed by atoms with Crippen LogP contribution in [-0.2, 0) is 14.6 Å². The third-order valence-corrected chi connectivity index (χ3v) is 6.43. The van der Waals surface area contributed by atoms with Gasteiger partial charge in [-0.3, -0.25) is 4.79 Å². The minimum absolute atomic E-state index is 0.0424. The van der Waals surface area contributed by atoms with Crippen molar-refractivity contribution < 1.29 is 13.2 Å². The zero-order valence-electron chi connectivity index (χ0n) is 11.7. The van der Waals surface area contributed by atoms with Crippen molar-refractivity contribution in [3.05, 3.63) is 0 Å². The van der Waals surface area contributed by atoms with E-state index in [0.717, 1.165) is 19.3 Å². The number of carbonyl (C=O) groups excluding carboxylic acids is 1. The maximum Gasteiger partial charge on any atom is 0.238 e. The Morgan fingerprint density at radius 2 is 1.89 bits per heavy atom. The Morgan fingerprint density at radius 3 is 2.53 bits per heavy atom. The molecule has 2 N–H and O–H groups in total. The van der Waals surface area contributed by atoms with Gasteiger partial charge in [-0.15, -0.1) is 0 Å². The molecule has 0 aliphatic carbocycles. The van der Waals surface area contributed by atoms with Crippen molar-refractivity contribution in [1.82, 2.24) is 10.6 Å². The fraction of sp³-hybridized carbons (Fsp3) is 0.923. The summed E-state index contributed by atoms with van der Waals surface area (Å²) in [5, 5.41) is 5.50. The summed E-state index contributed by atoms with van der Waals surface area (Å²) in [7, 11) is -3.23. The first-order chi connectivity index (χ1) is 8.90. The van der Waals surface area contributed by atoms with Gasteiger partial charge in [0.25, 0.3) is 0 Å². The Morgan fingerprint density at radius 1 is 1.16 bits per heavy atom. The van der Waals surface area contributed by atoms with E-state index in [-0.39, 0.29) is 23.7 Å². The summed E-state index contributed by atoms with van der Waals surface area (Å²) < 4.78 is 23.8. The molecule has 2 aliphatic rings. The van der Waals surface area contributed by atoms with Crippen LogP contribution in [0, 0.1) is 0 Å². The topological polar surface area (TPSA) is 75.3 Å². The predicted molar refractivity (Wildman–Crippen MR) is 74.7 cm³/mol. The van der Waals surface area contributed by atoms with Crippen LogP contribution >= 0.6 is 0 Å². The molecule has 1 amide bonds. The van der Waals surface area contributed by atoms with Gasteiger partial charge >= 0.3 is 0 Å². The number of hydrogen-bond acceptors (Lipinski definition) is 4. The maximum absolute atomic E-state index is 12.2. The molecule has 0 aromatic heterocycles. The highest BCUT2D eigenvalue weighted by molar-refractivity contribution is 7.92. The summed E-state index contributed by atoms with van der Waals surface area (Å²) in [4.78, 5) is 12.2. The maximum atomic E-state index is 12.2. The van der Waals surface area contributed by atoms with E-state index in [0.29, 0.717) is 18.9 Å². The molecule has 0 spiro atoms. The molecule has 19 heavy (non-hydrogen) atoms. The Hall–Kier alpha value is -0.620. The minimum atomic E-state index is -3.23. The number of rotatable bonds is 2. The molecule has 4 unspecified atom stereocenters. The summed E-state index contributed by atoms with van der Waals surface area (Å²) in [6, 6.07) is 0.696. The van der Waals surface area contributed by atoms with Gasteiger partial charge in [-0.1, -0.05) is 6.42 Å². The van der Waals surface area contributed by atoms with Crippen molar-refractivity contribution in [2.45, 2.75) is 69.3 Å². The molecule has 2 saturated heterocycles. The van der Waals surface area contributed by atoms with Crippen LogP contribution in [-0.4, -0.2) is 43.5 Å². The molecule has 4 atom stereocenters. The average molecular weight is 288 g/mol. The number of piperidine rings is 1. The molecular weight excluding hydrogens is 264 g/mol. The van der Waals surface area contributed by atoms with E-state index >= 15 is 0 Å². The Balaban J connectivity index is 1.97. The van der Waals surface area contributed by atoms with Crippen molar-refractivity contribution in [2.24, 2.45) is 0 Å². The smallest absolute Gasteiger partial charge is 0.238 e. The van der Waals surface area contributed by atoms with Gasteiger partial charge in [0.05, 0.1) is 5.75 Å². The van der Waals surface area contributed by atoms with Crippen LogP contribution in [0.25, 0.3) is 0 Å². The van der Waals surface area contributed by atoms with E-state index in [4.69, 9.17) is 0 Å². The van der Waals surface area contributed by atoms with E-state index in [9.17, 15) is 13.2 Å². The van der Waals surface area contributed by atoms with E-state index < -0.39 is 15.1 Å². The van der Waals surface area contributed by atoms with Crippen LogP contribution in [0.5, 0.6) is 0 Å². The van der Waals surface area contributed by atoms with E-state index in [1.165, 1.54) is 0 Å². The van der Waals surface area contributed by atoms with Gasteiger partial charge < -0.3 is 10.6 Å². The van der Waals surface area contributed by atoms with Gasteiger partial charge in [-0.05, 0) is 39.5 Å². The highest BCUT2D eigenvalue weighted by atomic mass is 32.2. The van der Waals surface area contributed by atoms with Crippen molar-refractivity contribution in [2.75, 3.05) is 5.75 Å². The molecule has 0 radical (unpaired) electrons. The first-order valence-corrected chi connectivity index (χ1v) is 8.89. The second-order valence-corrected chi connectivity index (χ2v) is 8.20. The van der Waals surface area contributed by atoms with E-state index in [2.05, 4.69) is 17.6 Å². The van der Waals surface area contributed by atoms with Crippen LogP contribution < -0.4 is 10.6 Å². The lowest BCUT2D eigenvalue weighted by Crippen LogP contribution is -2.57. The van der Waals surface area contributed by atoms with Crippen LogP contribution in [0.1, 0.15) is 46.0 Å². The van der Waals surface area contributed by atoms with Gasteiger partial charge in [0, 0.05) is 18.1 Å². The Bertz CT molecular complexity index is 435. The molecule has 6 heteroatoms. The predicted octanol–water partition coefficient (Wildman–Crippen LogP) is 0.599. The van der Waals surface area contributed by atoms with Gasteiger partial charge in [0.15, 0.2) is 9.84 Å². The lowest BCUT2D eigenvalue weighted by atomic mass is 9.95. The fourth-order valence-corrected chi connectivity index (χ4v) is 4.86. The molecule has 0 saturated carbocycles. The standard InChI is InChI=1S/C13H24N2O3S/c1-9-6-7-11(10(2)14-9)15-13(16)12-5-3-4-8-19(12,17)18/h9-12,14H,3-8H2,1-2H3,(H,15,16). The lowest BCUT2D eigenvalue weighted by molar-refractivity contribution is -0.122. The number of sulfone groups is 1. The Kier molecular flexibility index (Phi) is 4.50. The minimum Gasteiger partial charge on any atom is -0.351 e. The number of hydrogen-bond donors (Lipinski definition) is 2. The molecular formula is C13H24N2O3S. The summed E-state index contributed by atoms with van der Waals surface area (Å²) in [6.45, 7) is 4.16. The second-order valence-electron chi connectivity index (χ2n) is 5.90. The summed E-state index contributed by atoms with van der Waals surface area (Å²) in [5.41, 5.74) is 0. The normalized spacial score (nSPS) is 38.6. The third kappa shape index (κ3) is 3.48. The lowest BCUT2D eigenvalue weighted by Gasteiger charge is -2.35. The summed E-state index contributed by atoms with van der Waals surface area (Å²) >= 11 is 0. The molecule has 110 valence electrons. The summed E-state index contributed by atoms with van der Waals surface area (Å²) in [5.74, 6) is -0.145. The van der Waals surface area contributed by atoms with E-state index in [1.807, 2.05) is 6.92 Å². The van der Waals surface area contributed by atoms with Crippen LogP contribution in [0.15, 0.2) is 0 Å². The van der Waals surface area contributed by atoms with Gasteiger partial charge in [-0.25, -0.2) is 8.42 Å². The first kappa shape index (κ1) is 14.8. The van der Waals surface area contributed by atoms with Crippen LogP contribution in [0.4, 0.5) is 0 Å². The molecule has 2 rings (SSSR count). The number of amides is 1. The van der Waals surface area contributed by atoms with Crippen LogP contribution in [0.3, 0.4) is 0 Å². The average Bonchev–Trinajstić information content (AvgIpc) is 2.32. The SMILES string of the molecule is CC1CCC(NC(=O)C2CCCCS2(=O)=O)C(C)N1. The molecule has 0 bridgehead atoms. The highest BCUT2D eigenvalue weighted by Gasteiger charge is 2.36. The second kappa shape index (κ2) is 5.79. The molecule has 0 aromatic carbocycles. The van der Waals surface area contributed by atoms with Gasteiger partial charge in [0.2, 0.25) is 5.91 Å². The van der Waals surface area contributed by atoms with Crippen molar-refractivity contribution >= 4 is 15.7 Å². The Labute approximate surface area is 115 Å². The van der Waals surface area contributed by atoms with Gasteiger partial charge in [0.1, 0.15) is 5.25 Å². The quantitative estimate of drug-likeness (QED) is 0.780. The molecule has 2 fully saturated rings. The molecule has 2 aliphatic heterocycles. The van der Waals surface area contributed by atoms with E-state index in [1.54, 1.807) is 0 Å². The molecule has 0 aromatic rings. The van der Waals surface area contributed by atoms with Crippen molar-refractivity contribution in [1.29, 1.82) is 0 Å². The fourth-order valence-electron chi connectivity index (χ4n) is 3.05. The number of nitrogens with one attached hydrogen (secondary N) is 2. The zero-order chi connectivity index (χ0) is 14.0. The molecule has 2 heterocycles. The first-order valence-electron chi connectivity index (χ1n) is 7.18.